The molecule has 0 radical (unpaired) electrons. The SMILES string of the molecule is O=C1COCCN1c1ccc(Nc2ncc(Cl)c(-c3cnn(C4CCN5CCOCC5C4)c3)n2)cc1. The van der Waals surface area contributed by atoms with Crippen LogP contribution in [0.4, 0.5) is 17.3 Å². The minimum atomic E-state index is -0.0363. The maximum atomic E-state index is 12.1. The van der Waals surface area contributed by atoms with Crippen molar-refractivity contribution in [2.24, 2.45) is 0 Å². The predicted octanol–water partition coefficient (Wildman–Crippen LogP) is 3.14. The highest BCUT2D eigenvalue weighted by Crippen LogP contribution is 2.32. The number of nitrogens with one attached hydrogen (secondary N) is 1. The van der Waals surface area contributed by atoms with Gasteiger partial charge in [0.15, 0.2) is 0 Å². The second-order valence-electron chi connectivity index (χ2n) is 9.31. The molecule has 3 aromatic rings. The summed E-state index contributed by atoms with van der Waals surface area (Å²) in [7, 11) is 0. The summed E-state index contributed by atoms with van der Waals surface area (Å²) in [5.41, 5.74) is 3.14. The molecule has 3 saturated heterocycles. The molecule has 5 heterocycles. The van der Waals surface area contributed by atoms with Crippen LogP contribution in [-0.2, 0) is 14.3 Å². The third-order valence-corrected chi connectivity index (χ3v) is 7.33. The normalized spacial score (nSPS) is 22.9. The molecule has 36 heavy (non-hydrogen) atoms. The summed E-state index contributed by atoms with van der Waals surface area (Å²) in [6.07, 6.45) is 7.53. The second-order valence-corrected chi connectivity index (χ2v) is 9.72. The summed E-state index contributed by atoms with van der Waals surface area (Å²) in [6.45, 7) is 4.91. The predicted molar refractivity (Wildman–Crippen MR) is 136 cm³/mol. The van der Waals surface area contributed by atoms with E-state index in [9.17, 15) is 4.79 Å². The summed E-state index contributed by atoms with van der Waals surface area (Å²) in [5.74, 6) is 0.399. The molecule has 3 aliphatic rings. The van der Waals surface area contributed by atoms with Gasteiger partial charge in [-0.15, -0.1) is 0 Å². The largest absolute Gasteiger partial charge is 0.378 e. The molecule has 0 saturated carbocycles. The first-order valence-electron chi connectivity index (χ1n) is 12.3. The molecule has 1 amide bonds. The van der Waals surface area contributed by atoms with E-state index < -0.39 is 0 Å². The zero-order valence-electron chi connectivity index (χ0n) is 19.8. The molecular weight excluding hydrogens is 482 g/mol. The number of piperidine rings is 1. The van der Waals surface area contributed by atoms with E-state index in [1.807, 2.05) is 41.3 Å². The van der Waals surface area contributed by atoms with E-state index in [1.54, 1.807) is 11.1 Å². The number of aromatic nitrogens is 4. The van der Waals surface area contributed by atoms with Gasteiger partial charge in [-0.2, -0.15) is 5.10 Å². The van der Waals surface area contributed by atoms with Gasteiger partial charge in [0.05, 0.1) is 49.0 Å². The topological polar surface area (TPSA) is 97.6 Å². The number of rotatable bonds is 5. The number of amides is 1. The number of fused-ring (bicyclic) bond motifs is 1. The Bertz CT molecular complexity index is 1230. The Morgan fingerprint density at radius 2 is 1.89 bits per heavy atom. The maximum absolute atomic E-state index is 12.1. The van der Waals surface area contributed by atoms with Gasteiger partial charge >= 0.3 is 0 Å². The number of hydrogen-bond acceptors (Lipinski definition) is 8. The number of carbonyl (C=O) groups excluding carboxylic acids is 1. The Morgan fingerprint density at radius 1 is 1.03 bits per heavy atom. The molecule has 188 valence electrons. The molecular formula is C25H28ClN7O3. The molecule has 3 aliphatic heterocycles. The van der Waals surface area contributed by atoms with Crippen LogP contribution in [0.2, 0.25) is 5.02 Å². The number of ether oxygens (including phenoxy) is 2. The number of halogens is 1. The highest BCUT2D eigenvalue weighted by molar-refractivity contribution is 6.32. The lowest BCUT2D eigenvalue weighted by Crippen LogP contribution is -2.50. The van der Waals surface area contributed by atoms with Gasteiger partial charge in [0.1, 0.15) is 6.61 Å². The average Bonchev–Trinajstić information content (AvgIpc) is 3.41. The molecule has 0 bridgehead atoms. The van der Waals surface area contributed by atoms with Crippen molar-refractivity contribution >= 4 is 34.8 Å². The van der Waals surface area contributed by atoms with E-state index in [0.29, 0.717) is 41.9 Å². The summed E-state index contributed by atoms with van der Waals surface area (Å²) in [4.78, 5) is 25.3. The minimum Gasteiger partial charge on any atom is -0.378 e. The first-order chi connectivity index (χ1) is 17.6. The van der Waals surface area contributed by atoms with Crippen molar-refractivity contribution in [1.82, 2.24) is 24.6 Å². The number of hydrogen-bond donors (Lipinski definition) is 1. The van der Waals surface area contributed by atoms with E-state index >= 15 is 0 Å². The van der Waals surface area contributed by atoms with Crippen molar-refractivity contribution in [3.05, 3.63) is 47.9 Å². The van der Waals surface area contributed by atoms with E-state index in [-0.39, 0.29) is 12.5 Å². The molecule has 10 nitrogen and oxygen atoms in total. The fourth-order valence-electron chi connectivity index (χ4n) is 5.12. The summed E-state index contributed by atoms with van der Waals surface area (Å²) < 4.78 is 12.9. The maximum Gasteiger partial charge on any atom is 0.253 e. The van der Waals surface area contributed by atoms with Gasteiger partial charge in [-0.25, -0.2) is 9.97 Å². The van der Waals surface area contributed by atoms with E-state index in [1.165, 1.54) is 0 Å². The third-order valence-electron chi connectivity index (χ3n) is 7.06. The fourth-order valence-corrected chi connectivity index (χ4v) is 5.32. The highest BCUT2D eigenvalue weighted by Gasteiger charge is 2.32. The van der Waals surface area contributed by atoms with Crippen LogP contribution >= 0.6 is 11.6 Å². The lowest BCUT2D eigenvalue weighted by Gasteiger charge is -2.42. The van der Waals surface area contributed by atoms with Crippen LogP contribution in [0.5, 0.6) is 0 Å². The summed E-state index contributed by atoms with van der Waals surface area (Å²) in [5, 5.41) is 8.34. The molecule has 2 atom stereocenters. The quantitative estimate of drug-likeness (QED) is 0.560. The number of carbonyl (C=O) groups is 1. The zero-order chi connectivity index (χ0) is 24.5. The summed E-state index contributed by atoms with van der Waals surface area (Å²) >= 11 is 6.48. The minimum absolute atomic E-state index is 0.0363. The van der Waals surface area contributed by atoms with Gasteiger partial charge in [-0.05, 0) is 37.1 Å². The van der Waals surface area contributed by atoms with Gasteiger partial charge in [-0.3, -0.25) is 14.4 Å². The molecule has 1 N–H and O–H groups in total. The van der Waals surface area contributed by atoms with Crippen molar-refractivity contribution < 1.29 is 14.3 Å². The Morgan fingerprint density at radius 3 is 2.75 bits per heavy atom. The second kappa shape index (κ2) is 10.1. The molecule has 6 rings (SSSR count). The lowest BCUT2D eigenvalue weighted by molar-refractivity contribution is -0.125. The van der Waals surface area contributed by atoms with Gasteiger partial charge in [0.2, 0.25) is 5.95 Å². The molecule has 2 aromatic heterocycles. The number of anilines is 3. The third kappa shape index (κ3) is 4.81. The van der Waals surface area contributed by atoms with Gasteiger partial charge in [0, 0.05) is 48.8 Å². The monoisotopic (exact) mass is 509 g/mol. The highest BCUT2D eigenvalue weighted by atomic mass is 35.5. The van der Waals surface area contributed by atoms with Gasteiger partial charge in [-0.1, -0.05) is 11.6 Å². The van der Waals surface area contributed by atoms with Crippen LogP contribution < -0.4 is 10.2 Å². The van der Waals surface area contributed by atoms with Crippen molar-refractivity contribution in [3.8, 4) is 11.3 Å². The average molecular weight is 510 g/mol. The Balaban J connectivity index is 1.16. The molecule has 1 aromatic carbocycles. The molecule has 11 heteroatoms. The first kappa shape index (κ1) is 23.4. The standard InChI is InChI=1S/C25H28ClN7O3/c26-22-13-27-25(29-18-1-3-19(4-2-18)32-8-10-36-16-23(32)34)30-24(22)17-12-28-33(14-17)20-5-6-31-7-9-35-15-21(31)11-20/h1-4,12-14,20-21H,5-11,15-16H2,(H,27,29,30). The van der Waals surface area contributed by atoms with Crippen LogP contribution in [0, 0.1) is 0 Å². The molecule has 0 spiro atoms. The molecule has 0 aliphatic carbocycles. The Hall–Kier alpha value is -3.05. The van der Waals surface area contributed by atoms with Crippen LogP contribution in [0.15, 0.2) is 42.9 Å². The van der Waals surface area contributed by atoms with Crippen LogP contribution in [0.3, 0.4) is 0 Å². The van der Waals surface area contributed by atoms with Gasteiger partial charge < -0.3 is 19.7 Å². The number of benzene rings is 1. The lowest BCUT2D eigenvalue weighted by atomic mass is 9.97. The Kier molecular flexibility index (Phi) is 6.58. The number of morpholine rings is 2. The summed E-state index contributed by atoms with van der Waals surface area (Å²) in [6, 6.07) is 8.38. The van der Waals surface area contributed by atoms with E-state index in [2.05, 4.69) is 25.3 Å². The van der Waals surface area contributed by atoms with Crippen LogP contribution in [0.1, 0.15) is 18.9 Å². The van der Waals surface area contributed by atoms with E-state index in [4.69, 9.17) is 21.1 Å². The Labute approximate surface area is 214 Å². The van der Waals surface area contributed by atoms with E-state index in [0.717, 1.165) is 56.1 Å². The van der Waals surface area contributed by atoms with Crippen LogP contribution in [0.25, 0.3) is 11.3 Å². The molecule has 3 fully saturated rings. The number of nitrogens with zero attached hydrogens (tertiary/aromatic N) is 6. The van der Waals surface area contributed by atoms with Crippen molar-refractivity contribution in [1.29, 1.82) is 0 Å². The fraction of sp³-hybridized carbons (Fsp3) is 0.440. The zero-order valence-corrected chi connectivity index (χ0v) is 20.6. The van der Waals surface area contributed by atoms with Crippen LogP contribution in [-0.4, -0.2) is 82.7 Å². The first-order valence-corrected chi connectivity index (χ1v) is 12.7. The van der Waals surface area contributed by atoms with Gasteiger partial charge in [0.25, 0.3) is 5.91 Å². The van der Waals surface area contributed by atoms with Crippen molar-refractivity contribution in [2.45, 2.75) is 24.9 Å². The molecule has 2 unspecified atom stereocenters. The van der Waals surface area contributed by atoms with Crippen molar-refractivity contribution in [2.75, 3.05) is 56.3 Å². The van der Waals surface area contributed by atoms with Crippen molar-refractivity contribution in [3.63, 3.8) is 0 Å². The smallest absolute Gasteiger partial charge is 0.253 e.